The zero-order chi connectivity index (χ0) is 16.0. The maximum Gasteiger partial charge on any atom is 0.250 e. The molecule has 0 saturated carbocycles. The molecule has 1 aromatic heterocycles. The Morgan fingerprint density at radius 2 is 1.95 bits per heavy atom. The third-order valence-electron chi connectivity index (χ3n) is 3.28. The predicted molar refractivity (Wildman–Crippen MR) is 90.3 cm³/mol. The van der Waals surface area contributed by atoms with E-state index in [9.17, 15) is 8.42 Å². The number of rotatable bonds is 9. The number of thiophene rings is 1. The van der Waals surface area contributed by atoms with Gasteiger partial charge in [0.1, 0.15) is 4.21 Å². The summed E-state index contributed by atoms with van der Waals surface area (Å²) in [6.07, 6.45) is 2.99. The van der Waals surface area contributed by atoms with E-state index in [0.29, 0.717) is 10.3 Å². The van der Waals surface area contributed by atoms with Crippen molar-refractivity contribution >= 4 is 21.4 Å². The van der Waals surface area contributed by atoms with Crippen LogP contribution in [0.2, 0.25) is 0 Å². The van der Waals surface area contributed by atoms with Gasteiger partial charge in [-0.15, -0.1) is 11.3 Å². The van der Waals surface area contributed by atoms with E-state index >= 15 is 0 Å². The van der Waals surface area contributed by atoms with E-state index in [-0.39, 0.29) is 6.04 Å². The molecule has 0 fully saturated rings. The number of aryl methyl sites for hydroxylation is 1. The van der Waals surface area contributed by atoms with E-state index in [0.717, 1.165) is 36.2 Å². The van der Waals surface area contributed by atoms with Gasteiger partial charge in [0.15, 0.2) is 0 Å². The number of nitrogens with one attached hydrogen (secondary N) is 2. The summed E-state index contributed by atoms with van der Waals surface area (Å²) in [5, 5.41) is 3.33. The van der Waals surface area contributed by atoms with E-state index in [2.05, 4.69) is 30.8 Å². The molecular weight excluding hydrogens is 304 g/mol. The van der Waals surface area contributed by atoms with Crippen LogP contribution >= 0.6 is 11.3 Å². The van der Waals surface area contributed by atoms with E-state index in [1.807, 2.05) is 13.8 Å². The Balaban J connectivity index is 2.77. The molecule has 0 amide bonds. The molecule has 1 unspecified atom stereocenters. The van der Waals surface area contributed by atoms with Crippen molar-refractivity contribution in [3.8, 4) is 0 Å². The molecule has 0 saturated heterocycles. The lowest BCUT2D eigenvalue weighted by Gasteiger charge is -2.12. The van der Waals surface area contributed by atoms with Crippen LogP contribution in [0, 0.1) is 6.92 Å². The van der Waals surface area contributed by atoms with Crippen molar-refractivity contribution in [3.05, 3.63) is 16.5 Å². The van der Waals surface area contributed by atoms with Gasteiger partial charge in [0.05, 0.1) is 0 Å². The molecule has 1 rings (SSSR count). The van der Waals surface area contributed by atoms with Gasteiger partial charge in [-0.3, -0.25) is 0 Å². The Kier molecular flexibility index (Phi) is 7.33. The summed E-state index contributed by atoms with van der Waals surface area (Å²) in [4.78, 5) is 1.09. The SMILES string of the molecule is CCCCC(C)NS(=O)(=O)c1cc(C)c(CNC(C)C)s1. The van der Waals surface area contributed by atoms with Gasteiger partial charge >= 0.3 is 0 Å². The highest BCUT2D eigenvalue weighted by Crippen LogP contribution is 2.26. The molecule has 122 valence electrons. The van der Waals surface area contributed by atoms with Crippen LogP contribution in [-0.4, -0.2) is 20.5 Å². The Labute approximate surface area is 133 Å². The van der Waals surface area contributed by atoms with Crippen LogP contribution in [0.1, 0.15) is 57.4 Å². The fraction of sp³-hybridized carbons (Fsp3) is 0.733. The average molecular weight is 333 g/mol. The Morgan fingerprint density at radius 1 is 1.29 bits per heavy atom. The average Bonchev–Trinajstić information content (AvgIpc) is 2.75. The number of hydrogen-bond donors (Lipinski definition) is 2. The first kappa shape index (κ1) is 18.6. The van der Waals surface area contributed by atoms with Crippen LogP contribution < -0.4 is 10.0 Å². The van der Waals surface area contributed by atoms with E-state index in [4.69, 9.17) is 0 Å². The molecular formula is C15H28N2O2S2. The first-order chi connectivity index (χ1) is 9.76. The largest absolute Gasteiger partial charge is 0.310 e. The zero-order valence-electron chi connectivity index (χ0n) is 13.7. The highest BCUT2D eigenvalue weighted by molar-refractivity contribution is 7.91. The smallest absolute Gasteiger partial charge is 0.250 e. The third kappa shape index (κ3) is 6.06. The first-order valence-corrected chi connectivity index (χ1v) is 9.91. The summed E-state index contributed by atoms with van der Waals surface area (Å²) in [7, 11) is -3.39. The van der Waals surface area contributed by atoms with E-state index in [1.54, 1.807) is 6.07 Å². The van der Waals surface area contributed by atoms with Crippen molar-refractivity contribution in [3.63, 3.8) is 0 Å². The lowest BCUT2D eigenvalue weighted by atomic mass is 10.2. The summed E-state index contributed by atoms with van der Waals surface area (Å²) >= 11 is 1.36. The van der Waals surface area contributed by atoms with Crippen molar-refractivity contribution in [2.75, 3.05) is 0 Å². The third-order valence-corrected chi connectivity index (χ3v) is 6.58. The van der Waals surface area contributed by atoms with Gasteiger partial charge in [-0.25, -0.2) is 13.1 Å². The van der Waals surface area contributed by atoms with Crippen LogP contribution in [0.4, 0.5) is 0 Å². The maximum absolute atomic E-state index is 12.4. The van der Waals surface area contributed by atoms with E-state index < -0.39 is 10.0 Å². The molecule has 1 heterocycles. The number of hydrogen-bond acceptors (Lipinski definition) is 4. The second kappa shape index (κ2) is 8.27. The van der Waals surface area contributed by atoms with Crippen LogP contribution in [0.5, 0.6) is 0 Å². The highest BCUT2D eigenvalue weighted by atomic mass is 32.2. The van der Waals surface area contributed by atoms with Gasteiger partial charge < -0.3 is 5.32 Å². The maximum atomic E-state index is 12.4. The van der Waals surface area contributed by atoms with Gasteiger partial charge in [-0.1, -0.05) is 33.6 Å². The van der Waals surface area contributed by atoms with Crippen LogP contribution in [0.3, 0.4) is 0 Å². The topological polar surface area (TPSA) is 58.2 Å². The van der Waals surface area contributed by atoms with Crippen molar-refractivity contribution < 1.29 is 8.42 Å². The number of sulfonamides is 1. The Morgan fingerprint density at radius 3 is 2.52 bits per heavy atom. The summed E-state index contributed by atoms with van der Waals surface area (Å²) in [6.45, 7) is 10.9. The highest BCUT2D eigenvalue weighted by Gasteiger charge is 2.21. The minimum Gasteiger partial charge on any atom is -0.310 e. The monoisotopic (exact) mass is 332 g/mol. The van der Waals surface area contributed by atoms with Crippen molar-refractivity contribution in [1.82, 2.24) is 10.0 Å². The van der Waals surface area contributed by atoms with Crippen LogP contribution in [-0.2, 0) is 16.6 Å². The molecule has 0 aromatic carbocycles. The minimum absolute atomic E-state index is 0.0189. The van der Waals surface area contributed by atoms with E-state index in [1.165, 1.54) is 11.3 Å². The van der Waals surface area contributed by atoms with Crippen molar-refractivity contribution in [2.24, 2.45) is 0 Å². The van der Waals surface area contributed by atoms with Crippen LogP contribution in [0.15, 0.2) is 10.3 Å². The predicted octanol–water partition coefficient (Wildman–Crippen LogP) is 3.41. The minimum atomic E-state index is -3.39. The fourth-order valence-corrected chi connectivity index (χ4v) is 4.82. The molecule has 0 aliphatic rings. The zero-order valence-corrected chi connectivity index (χ0v) is 15.3. The second-order valence-corrected chi connectivity index (χ2v) is 8.95. The normalized spacial score (nSPS) is 13.8. The lowest BCUT2D eigenvalue weighted by Crippen LogP contribution is -2.32. The molecule has 4 nitrogen and oxygen atoms in total. The molecule has 0 aliphatic carbocycles. The standard InChI is InChI=1S/C15H28N2O2S2/c1-6-7-8-13(5)17-21(18,19)15-9-12(4)14(20-15)10-16-11(2)3/h9,11,13,16-17H,6-8,10H2,1-5H3. The second-order valence-electron chi connectivity index (χ2n) is 5.87. The Hall–Kier alpha value is -0.430. The van der Waals surface area contributed by atoms with Gasteiger partial charge in [0.25, 0.3) is 0 Å². The molecule has 0 bridgehead atoms. The lowest BCUT2D eigenvalue weighted by molar-refractivity contribution is 0.535. The first-order valence-electron chi connectivity index (χ1n) is 7.61. The molecule has 0 spiro atoms. The van der Waals surface area contributed by atoms with Crippen molar-refractivity contribution in [2.45, 2.75) is 76.7 Å². The summed E-state index contributed by atoms with van der Waals surface area (Å²) in [5.74, 6) is 0. The van der Waals surface area contributed by atoms with Gasteiger partial charge in [0.2, 0.25) is 10.0 Å². The van der Waals surface area contributed by atoms with Gasteiger partial charge in [-0.2, -0.15) is 0 Å². The Bertz CT molecular complexity index is 536. The van der Waals surface area contributed by atoms with Gasteiger partial charge in [0, 0.05) is 23.5 Å². The summed E-state index contributed by atoms with van der Waals surface area (Å²) in [6, 6.07) is 2.14. The fourth-order valence-electron chi connectivity index (χ4n) is 1.99. The summed E-state index contributed by atoms with van der Waals surface area (Å²) < 4.78 is 28.0. The molecule has 1 atom stereocenters. The molecule has 6 heteroatoms. The quantitative estimate of drug-likeness (QED) is 0.728. The van der Waals surface area contributed by atoms with Crippen LogP contribution in [0.25, 0.3) is 0 Å². The molecule has 1 aromatic rings. The molecule has 0 aliphatic heterocycles. The summed E-state index contributed by atoms with van der Waals surface area (Å²) in [5.41, 5.74) is 1.04. The number of unbranched alkanes of at least 4 members (excludes halogenated alkanes) is 1. The molecule has 2 N–H and O–H groups in total. The van der Waals surface area contributed by atoms with Crippen molar-refractivity contribution in [1.29, 1.82) is 0 Å². The van der Waals surface area contributed by atoms with Gasteiger partial charge in [-0.05, 0) is 31.9 Å². The molecule has 21 heavy (non-hydrogen) atoms. The molecule has 0 radical (unpaired) electrons.